The number of esters is 1. The minimum atomic E-state index is -0.244. The SMILES string of the molecule is C=C1[C@H](C)CC(=CC(=O)OC)C[C@H]1C. The average molecular weight is 194 g/mol. The summed E-state index contributed by atoms with van der Waals surface area (Å²) in [7, 11) is 1.41. The van der Waals surface area contributed by atoms with Gasteiger partial charge in [0.2, 0.25) is 0 Å². The highest BCUT2D eigenvalue weighted by molar-refractivity contribution is 5.82. The Labute approximate surface area is 85.6 Å². The van der Waals surface area contributed by atoms with Crippen molar-refractivity contribution in [3.8, 4) is 0 Å². The van der Waals surface area contributed by atoms with Crippen molar-refractivity contribution in [1.29, 1.82) is 0 Å². The molecule has 1 aliphatic rings. The molecule has 2 nitrogen and oxygen atoms in total. The van der Waals surface area contributed by atoms with Crippen molar-refractivity contribution in [3.63, 3.8) is 0 Å². The van der Waals surface area contributed by atoms with Gasteiger partial charge in [-0.3, -0.25) is 0 Å². The molecule has 0 spiro atoms. The highest BCUT2D eigenvalue weighted by Gasteiger charge is 2.22. The number of rotatable bonds is 1. The van der Waals surface area contributed by atoms with Gasteiger partial charge in [-0.15, -0.1) is 0 Å². The first-order valence-electron chi connectivity index (χ1n) is 5.00. The monoisotopic (exact) mass is 194 g/mol. The van der Waals surface area contributed by atoms with E-state index in [9.17, 15) is 4.79 Å². The molecule has 1 rings (SSSR count). The Hall–Kier alpha value is -1.05. The van der Waals surface area contributed by atoms with E-state index in [0.717, 1.165) is 12.8 Å². The van der Waals surface area contributed by atoms with Crippen molar-refractivity contribution in [2.24, 2.45) is 11.8 Å². The minimum absolute atomic E-state index is 0.244. The van der Waals surface area contributed by atoms with E-state index in [1.165, 1.54) is 18.3 Å². The van der Waals surface area contributed by atoms with Crippen LogP contribution in [0.5, 0.6) is 0 Å². The molecule has 0 bridgehead atoms. The summed E-state index contributed by atoms with van der Waals surface area (Å²) < 4.78 is 4.61. The number of hydrogen-bond acceptors (Lipinski definition) is 2. The van der Waals surface area contributed by atoms with Gasteiger partial charge in [0.15, 0.2) is 0 Å². The zero-order chi connectivity index (χ0) is 10.7. The summed E-state index contributed by atoms with van der Waals surface area (Å²) in [6.07, 6.45) is 3.51. The Morgan fingerprint density at radius 3 is 2.36 bits per heavy atom. The zero-order valence-corrected chi connectivity index (χ0v) is 9.17. The Balaban J connectivity index is 2.71. The third-order valence-corrected chi connectivity index (χ3v) is 2.93. The minimum Gasteiger partial charge on any atom is -0.466 e. The van der Waals surface area contributed by atoms with Crippen molar-refractivity contribution in [3.05, 3.63) is 23.8 Å². The molecule has 14 heavy (non-hydrogen) atoms. The van der Waals surface area contributed by atoms with Crippen LogP contribution in [-0.2, 0) is 9.53 Å². The van der Waals surface area contributed by atoms with E-state index in [2.05, 4.69) is 25.2 Å². The van der Waals surface area contributed by atoms with Crippen LogP contribution in [0.4, 0.5) is 0 Å². The molecule has 2 atom stereocenters. The molecule has 0 N–H and O–H groups in total. The van der Waals surface area contributed by atoms with Crippen LogP contribution in [0.15, 0.2) is 23.8 Å². The summed E-state index contributed by atoms with van der Waals surface area (Å²) in [6.45, 7) is 8.38. The van der Waals surface area contributed by atoms with E-state index in [4.69, 9.17) is 0 Å². The molecule has 1 saturated carbocycles. The topological polar surface area (TPSA) is 26.3 Å². The van der Waals surface area contributed by atoms with Gasteiger partial charge in [0, 0.05) is 6.08 Å². The Morgan fingerprint density at radius 2 is 1.93 bits per heavy atom. The number of ether oxygens (including phenoxy) is 1. The van der Waals surface area contributed by atoms with E-state index in [1.807, 2.05) is 0 Å². The maximum atomic E-state index is 11.1. The van der Waals surface area contributed by atoms with Gasteiger partial charge in [-0.2, -0.15) is 0 Å². The van der Waals surface area contributed by atoms with Gasteiger partial charge in [-0.25, -0.2) is 4.79 Å². The molecule has 0 amide bonds. The van der Waals surface area contributed by atoms with Gasteiger partial charge < -0.3 is 4.74 Å². The van der Waals surface area contributed by atoms with E-state index < -0.39 is 0 Å². The smallest absolute Gasteiger partial charge is 0.330 e. The van der Waals surface area contributed by atoms with E-state index in [-0.39, 0.29) is 5.97 Å². The lowest BCUT2D eigenvalue weighted by atomic mass is 9.77. The van der Waals surface area contributed by atoms with Crippen LogP contribution in [0.2, 0.25) is 0 Å². The van der Waals surface area contributed by atoms with Gasteiger partial charge in [0.25, 0.3) is 0 Å². The molecule has 1 fully saturated rings. The Bertz CT molecular complexity index is 260. The molecule has 78 valence electrons. The van der Waals surface area contributed by atoms with Crippen LogP contribution in [0.25, 0.3) is 0 Å². The third-order valence-electron chi connectivity index (χ3n) is 2.93. The molecule has 0 saturated heterocycles. The predicted molar refractivity (Wildman–Crippen MR) is 56.8 cm³/mol. The van der Waals surface area contributed by atoms with Gasteiger partial charge in [0.05, 0.1) is 7.11 Å². The van der Waals surface area contributed by atoms with Crippen LogP contribution < -0.4 is 0 Å². The second-order valence-electron chi connectivity index (χ2n) is 4.11. The molecular formula is C12H18O2. The Morgan fingerprint density at radius 1 is 1.43 bits per heavy atom. The molecule has 0 aromatic heterocycles. The highest BCUT2D eigenvalue weighted by atomic mass is 16.5. The van der Waals surface area contributed by atoms with Crippen LogP contribution in [-0.4, -0.2) is 13.1 Å². The number of allylic oxidation sites excluding steroid dienone is 2. The van der Waals surface area contributed by atoms with E-state index in [0.29, 0.717) is 11.8 Å². The molecule has 0 aromatic carbocycles. The normalized spacial score (nSPS) is 27.4. The first-order chi connectivity index (χ1) is 6.54. The molecule has 1 aliphatic carbocycles. The summed E-state index contributed by atoms with van der Waals surface area (Å²) in [6, 6.07) is 0. The standard InChI is InChI=1S/C12H18O2/c1-8-5-11(7-12(13)14-4)6-9(2)10(8)3/h7-9H,3,5-6H2,1-2,4H3/t8-,9-/m1/s1. The summed E-state index contributed by atoms with van der Waals surface area (Å²) in [4.78, 5) is 11.1. The molecule has 2 heteroatoms. The molecule has 0 unspecified atom stereocenters. The van der Waals surface area contributed by atoms with Crippen LogP contribution in [0, 0.1) is 11.8 Å². The molecular weight excluding hydrogens is 176 g/mol. The zero-order valence-electron chi connectivity index (χ0n) is 9.17. The highest BCUT2D eigenvalue weighted by Crippen LogP contribution is 2.35. The molecule has 0 aromatic rings. The second-order valence-corrected chi connectivity index (χ2v) is 4.11. The number of carbonyl (C=O) groups excluding carboxylic acids is 1. The predicted octanol–water partition coefficient (Wildman–Crippen LogP) is 2.71. The summed E-state index contributed by atoms with van der Waals surface area (Å²) in [5.74, 6) is 0.719. The molecule has 0 heterocycles. The largest absolute Gasteiger partial charge is 0.466 e. The maximum Gasteiger partial charge on any atom is 0.330 e. The first kappa shape index (κ1) is 11.0. The summed E-state index contributed by atoms with van der Waals surface area (Å²) >= 11 is 0. The number of hydrogen-bond donors (Lipinski definition) is 0. The van der Waals surface area contributed by atoms with Crippen molar-refractivity contribution >= 4 is 5.97 Å². The molecule has 0 aliphatic heterocycles. The third kappa shape index (κ3) is 2.47. The van der Waals surface area contributed by atoms with Crippen LogP contribution in [0.3, 0.4) is 0 Å². The summed E-state index contributed by atoms with van der Waals surface area (Å²) in [5, 5.41) is 0. The van der Waals surface area contributed by atoms with Crippen molar-refractivity contribution < 1.29 is 9.53 Å². The summed E-state index contributed by atoms with van der Waals surface area (Å²) in [5.41, 5.74) is 2.48. The quantitative estimate of drug-likeness (QED) is 0.364. The van der Waals surface area contributed by atoms with Gasteiger partial charge in [-0.1, -0.05) is 31.6 Å². The van der Waals surface area contributed by atoms with Crippen LogP contribution in [0.1, 0.15) is 26.7 Å². The lowest BCUT2D eigenvalue weighted by Crippen LogP contribution is -2.16. The fourth-order valence-corrected chi connectivity index (χ4v) is 1.96. The number of methoxy groups -OCH3 is 1. The Kier molecular flexibility index (Phi) is 3.50. The van der Waals surface area contributed by atoms with Crippen molar-refractivity contribution in [1.82, 2.24) is 0 Å². The average Bonchev–Trinajstić information content (AvgIpc) is 2.14. The fourth-order valence-electron chi connectivity index (χ4n) is 1.96. The van der Waals surface area contributed by atoms with Gasteiger partial charge in [-0.05, 0) is 24.7 Å². The second kappa shape index (κ2) is 4.45. The number of carbonyl (C=O) groups is 1. The lowest BCUT2D eigenvalue weighted by Gasteiger charge is -2.29. The molecule has 0 radical (unpaired) electrons. The fraction of sp³-hybridized carbons (Fsp3) is 0.583. The van der Waals surface area contributed by atoms with Crippen molar-refractivity contribution in [2.75, 3.05) is 7.11 Å². The maximum absolute atomic E-state index is 11.1. The van der Waals surface area contributed by atoms with Gasteiger partial charge >= 0.3 is 5.97 Å². The lowest BCUT2D eigenvalue weighted by molar-refractivity contribution is -0.134. The van der Waals surface area contributed by atoms with Gasteiger partial charge in [0.1, 0.15) is 0 Å². The van der Waals surface area contributed by atoms with Crippen LogP contribution >= 0.6 is 0 Å². The van der Waals surface area contributed by atoms with Crippen molar-refractivity contribution in [2.45, 2.75) is 26.7 Å². The van der Waals surface area contributed by atoms with E-state index >= 15 is 0 Å². The van der Waals surface area contributed by atoms with E-state index in [1.54, 1.807) is 6.08 Å². The first-order valence-corrected chi connectivity index (χ1v) is 5.00.